The molecule has 2 aliphatic rings. The molecule has 0 radical (unpaired) electrons. The molecule has 5 rings (SSSR count). The van der Waals surface area contributed by atoms with Crippen molar-refractivity contribution in [1.82, 2.24) is 19.9 Å². The Morgan fingerprint density at radius 1 is 1.39 bits per heavy atom. The summed E-state index contributed by atoms with van der Waals surface area (Å²) in [7, 11) is 0. The van der Waals surface area contributed by atoms with E-state index in [9.17, 15) is 18.4 Å². The highest BCUT2D eigenvalue weighted by molar-refractivity contribution is 6.31. The number of rotatable bonds is 5. The summed E-state index contributed by atoms with van der Waals surface area (Å²) in [6.07, 6.45) is 3.21. The maximum atomic E-state index is 14.0. The molecule has 2 fully saturated rings. The second kappa shape index (κ2) is 6.88. The van der Waals surface area contributed by atoms with Crippen molar-refractivity contribution >= 4 is 23.0 Å². The summed E-state index contributed by atoms with van der Waals surface area (Å²) in [6, 6.07) is 5.20. The third-order valence-corrected chi connectivity index (χ3v) is 6.63. The normalized spacial score (nSPS) is 20.6. The number of aryl methyl sites for hydroxylation is 1. The lowest BCUT2D eigenvalue weighted by Crippen LogP contribution is -2.34. The zero-order chi connectivity index (χ0) is 22.1. The number of nitrogens with one attached hydrogen (secondary N) is 2. The molecule has 3 aromatic rings. The first-order valence-corrected chi connectivity index (χ1v) is 10.6. The van der Waals surface area contributed by atoms with Gasteiger partial charge in [-0.25, -0.2) is 13.3 Å². The van der Waals surface area contributed by atoms with Crippen LogP contribution in [0.2, 0.25) is 5.02 Å². The quantitative estimate of drug-likeness (QED) is 0.613. The molecule has 1 unspecified atom stereocenters. The molecule has 1 aromatic carbocycles. The zero-order valence-electron chi connectivity index (χ0n) is 17.0. The largest absolute Gasteiger partial charge is 0.348 e. The fourth-order valence-corrected chi connectivity index (χ4v) is 4.19. The fourth-order valence-electron chi connectivity index (χ4n) is 4.08. The smallest absolute Gasteiger partial charge is 0.274 e. The molecule has 2 saturated carbocycles. The summed E-state index contributed by atoms with van der Waals surface area (Å²) in [5.41, 5.74) is 1.31. The average Bonchev–Trinajstić information content (AvgIpc) is 3.61. The van der Waals surface area contributed by atoms with Gasteiger partial charge in [-0.3, -0.25) is 9.59 Å². The van der Waals surface area contributed by atoms with E-state index in [1.165, 1.54) is 4.52 Å². The highest BCUT2D eigenvalue weighted by atomic mass is 35.5. The number of hydrogen-bond acceptors (Lipinski definition) is 3. The topological polar surface area (TPSA) is 79.3 Å². The number of carbonyl (C=O) groups is 1. The third-order valence-electron chi connectivity index (χ3n) is 6.21. The third kappa shape index (κ3) is 3.52. The Morgan fingerprint density at radius 2 is 2.10 bits per heavy atom. The van der Waals surface area contributed by atoms with Gasteiger partial charge in [0.1, 0.15) is 5.52 Å². The van der Waals surface area contributed by atoms with Crippen molar-refractivity contribution in [3.63, 3.8) is 0 Å². The minimum absolute atomic E-state index is 0.0131. The maximum Gasteiger partial charge on any atom is 0.274 e. The second-order valence-corrected chi connectivity index (χ2v) is 9.04. The van der Waals surface area contributed by atoms with E-state index in [1.807, 2.05) is 19.9 Å². The number of halogens is 3. The van der Waals surface area contributed by atoms with Crippen molar-refractivity contribution in [2.24, 2.45) is 5.92 Å². The molecule has 2 N–H and O–H groups in total. The lowest BCUT2D eigenvalue weighted by atomic mass is 10.1. The first-order valence-electron chi connectivity index (χ1n) is 10.3. The standard InChI is InChI=1S/C22H21ClF2N4O2/c1-10-7-13(5-6-15(10)23)16-9-29-19(21(31)27-16)17(14-8-22(14,24)25)18(28-29)20(30)26-11(2)12-3-4-12/h5-7,9,11-12,14H,3-4,8H2,1-2H3,(H,26,30)(H,27,31)/t11-,14?/m0/s1. The van der Waals surface area contributed by atoms with Crippen molar-refractivity contribution in [3.05, 3.63) is 56.6 Å². The lowest BCUT2D eigenvalue weighted by molar-refractivity contribution is 0.0927. The average molecular weight is 447 g/mol. The maximum absolute atomic E-state index is 14.0. The Morgan fingerprint density at radius 3 is 2.71 bits per heavy atom. The summed E-state index contributed by atoms with van der Waals surface area (Å²) in [5.74, 6) is -4.26. The Kier molecular flexibility index (Phi) is 4.48. The first-order chi connectivity index (χ1) is 14.7. The van der Waals surface area contributed by atoms with E-state index in [0.29, 0.717) is 22.2 Å². The van der Waals surface area contributed by atoms with Gasteiger partial charge in [-0.05, 0) is 55.9 Å². The van der Waals surface area contributed by atoms with Crippen LogP contribution in [-0.2, 0) is 0 Å². The summed E-state index contributed by atoms with van der Waals surface area (Å²) in [4.78, 5) is 28.6. The molecule has 2 heterocycles. The number of H-pyrrole nitrogens is 1. The van der Waals surface area contributed by atoms with Gasteiger partial charge in [-0.15, -0.1) is 0 Å². The van der Waals surface area contributed by atoms with Crippen molar-refractivity contribution in [2.75, 3.05) is 0 Å². The molecular formula is C22H21ClF2N4O2. The predicted molar refractivity (Wildman–Crippen MR) is 113 cm³/mol. The van der Waals surface area contributed by atoms with E-state index in [-0.39, 0.29) is 22.8 Å². The summed E-state index contributed by atoms with van der Waals surface area (Å²) in [5, 5.41) is 7.74. The number of carbonyl (C=O) groups excluding carboxylic acids is 1. The molecule has 0 bridgehead atoms. The van der Waals surface area contributed by atoms with E-state index in [4.69, 9.17) is 11.6 Å². The number of amides is 1. The molecule has 9 heteroatoms. The summed E-state index contributed by atoms with van der Waals surface area (Å²) in [6.45, 7) is 3.73. The van der Waals surface area contributed by atoms with Crippen LogP contribution in [-0.4, -0.2) is 32.5 Å². The Bertz CT molecular complexity index is 1280. The van der Waals surface area contributed by atoms with Gasteiger partial charge in [-0.1, -0.05) is 17.7 Å². The highest BCUT2D eigenvalue weighted by Crippen LogP contribution is 2.57. The molecular weight excluding hydrogens is 426 g/mol. The lowest BCUT2D eigenvalue weighted by Gasteiger charge is -2.12. The van der Waals surface area contributed by atoms with Gasteiger partial charge < -0.3 is 10.3 Å². The van der Waals surface area contributed by atoms with Crippen LogP contribution in [0.4, 0.5) is 8.78 Å². The van der Waals surface area contributed by atoms with Gasteiger partial charge in [-0.2, -0.15) is 5.10 Å². The van der Waals surface area contributed by atoms with Gasteiger partial charge in [0.15, 0.2) is 5.69 Å². The molecule has 2 aliphatic carbocycles. The zero-order valence-corrected chi connectivity index (χ0v) is 17.8. The van der Waals surface area contributed by atoms with Crippen LogP contribution >= 0.6 is 11.6 Å². The fraction of sp³-hybridized carbons (Fsp3) is 0.409. The van der Waals surface area contributed by atoms with Gasteiger partial charge in [0, 0.05) is 23.0 Å². The number of fused-ring (bicyclic) bond motifs is 1. The number of aromatic amines is 1. The van der Waals surface area contributed by atoms with Gasteiger partial charge in [0.05, 0.1) is 17.8 Å². The van der Waals surface area contributed by atoms with Crippen LogP contribution in [0.15, 0.2) is 29.2 Å². The van der Waals surface area contributed by atoms with Gasteiger partial charge in [0.25, 0.3) is 17.4 Å². The molecule has 1 amide bonds. The monoisotopic (exact) mass is 446 g/mol. The number of aromatic nitrogens is 3. The number of hydrogen-bond donors (Lipinski definition) is 2. The summed E-state index contributed by atoms with van der Waals surface area (Å²) >= 11 is 6.09. The van der Waals surface area contributed by atoms with Crippen LogP contribution in [0.1, 0.15) is 53.7 Å². The van der Waals surface area contributed by atoms with Crippen molar-refractivity contribution in [2.45, 2.75) is 51.0 Å². The van der Waals surface area contributed by atoms with E-state index in [0.717, 1.165) is 18.4 Å². The number of alkyl halides is 2. The van der Waals surface area contributed by atoms with Crippen LogP contribution in [0.5, 0.6) is 0 Å². The SMILES string of the molecule is Cc1cc(-c2cn3nc(C(=O)N[C@@H](C)C4CC4)c(C4CC4(F)F)c3c(=O)[nH]2)ccc1Cl. The molecule has 0 saturated heterocycles. The minimum atomic E-state index is -2.95. The number of benzene rings is 1. The number of nitrogens with zero attached hydrogens (tertiary/aromatic N) is 2. The Labute approximate surface area is 181 Å². The minimum Gasteiger partial charge on any atom is -0.348 e. The molecule has 2 atom stereocenters. The van der Waals surface area contributed by atoms with E-state index < -0.39 is 29.7 Å². The Hall–Kier alpha value is -2.74. The van der Waals surface area contributed by atoms with Crippen molar-refractivity contribution in [1.29, 1.82) is 0 Å². The van der Waals surface area contributed by atoms with E-state index in [1.54, 1.807) is 18.3 Å². The van der Waals surface area contributed by atoms with Crippen molar-refractivity contribution < 1.29 is 13.6 Å². The molecule has 0 spiro atoms. The molecule has 6 nitrogen and oxygen atoms in total. The highest BCUT2D eigenvalue weighted by Gasteiger charge is 2.60. The molecule has 162 valence electrons. The predicted octanol–water partition coefficient (Wildman–Crippen LogP) is 4.30. The molecule has 2 aromatic heterocycles. The second-order valence-electron chi connectivity index (χ2n) is 8.63. The molecule has 0 aliphatic heterocycles. The van der Waals surface area contributed by atoms with Crippen molar-refractivity contribution in [3.8, 4) is 11.3 Å². The van der Waals surface area contributed by atoms with E-state index in [2.05, 4.69) is 15.4 Å². The van der Waals surface area contributed by atoms with Crippen LogP contribution in [0, 0.1) is 12.8 Å². The van der Waals surface area contributed by atoms with Gasteiger partial charge in [0.2, 0.25) is 0 Å². The molecule has 31 heavy (non-hydrogen) atoms. The van der Waals surface area contributed by atoms with E-state index >= 15 is 0 Å². The van der Waals surface area contributed by atoms with Gasteiger partial charge >= 0.3 is 0 Å². The van der Waals surface area contributed by atoms with Crippen LogP contribution < -0.4 is 10.9 Å². The first kappa shape index (κ1) is 20.2. The Balaban J connectivity index is 1.63. The van der Waals surface area contributed by atoms with Crippen LogP contribution in [0.25, 0.3) is 16.8 Å². The van der Waals surface area contributed by atoms with Crippen LogP contribution in [0.3, 0.4) is 0 Å². The summed E-state index contributed by atoms with van der Waals surface area (Å²) < 4.78 is 29.2.